The minimum atomic E-state index is -0.199. The highest BCUT2D eigenvalue weighted by atomic mass is 16.3. The third kappa shape index (κ3) is 1.86. The molecule has 0 aromatic heterocycles. The third-order valence-corrected chi connectivity index (χ3v) is 6.89. The van der Waals surface area contributed by atoms with Crippen molar-refractivity contribution in [3.63, 3.8) is 0 Å². The summed E-state index contributed by atoms with van der Waals surface area (Å²) in [6.45, 7) is 4.46. The zero-order valence-electron chi connectivity index (χ0n) is 13.6. The minimum Gasteiger partial charge on any atom is -0.392 e. The lowest BCUT2D eigenvalue weighted by atomic mass is 9.60. The Kier molecular flexibility index (Phi) is 3.23. The average Bonchev–Trinajstić information content (AvgIpc) is 2.78. The molecular weight excluding hydrogens is 272 g/mol. The van der Waals surface area contributed by atoms with Crippen molar-refractivity contribution in [1.82, 2.24) is 0 Å². The zero-order chi connectivity index (χ0) is 15.5. The lowest BCUT2D eigenvalue weighted by molar-refractivity contribution is -0.114. The van der Waals surface area contributed by atoms with E-state index in [9.17, 15) is 9.90 Å². The van der Waals surface area contributed by atoms with Crippen LogP contribution in [0.5, 0.6) is 0 Å². The van der Waals surface area contributed by atoms with Crippen LogP contribution in [0.4, 0.5) is 0 Å². The molecule has 2 heteroatoms. The van der Waals surface area contributed by atoms with Crippen molar-refractivity contribution in [2.45, 2.75) is 58.5 Å². The summed E-state index contributed by atoms with van der Waals surface area (Å²) in [5, 5.41) is 10.8. The fraction of sp³-hybridized carbons (Fsp3) is 0.650. The molecule has 0 unspecified atom stereocenters. The highest BCUT2D eigenvalue weighted by Crippen LogP contribution is 2.59. The fourth-order valence-electron chi connectivity index (χ4n) is 5.56. The molecule has 4 aliphatic rings. The molecule has 0 bridgehead atoms. The Morgan fingerprint density at radius 1 is 1.32 bits per heavy atom. The lowest BCUT2D eigenvalue weighted by Crippen LogP contribution is -2.39. The number of aliphatic hydroxyl groups is 1. The van der Waals surface area contributed by atoms with Crippen LogP contribution in [0, 0.1) is 23.2 Å². The monoisotopic (exact) mass is 298 g/mol. The average molecular weight is 298 g/mol. The summed E-state index contributed by atoms with van der Waals surface area (Å²) in [6, 6.07) is 0. The number of ketones is 1. The van der Waals surface area contributed by atoms with Gasteiger partial charge in [-0.3, -0.25) is 4.79 Å². The molecule has 22 heavy (non-hydrogen) atoms. The van der Waals surface area contributed by atoms with Gasteiger partial charge >= 0.3 is 0 Å². The second-order valence-corrected chi connectivity index (χ2v) is 7.87. The van der Waals surface area contributed by atoms with Crippen LogP contribution in [-0.2, 0) is 4.79 Å². The van der Waals surface area contributed by atoms with Gasteiger partial charge in [0.1, 0.15) is 0 Å². The van der Waals surface area contributed by atoms with Gasteiger partial charge in [-0.05, 0) is 66.2 Å². The summed E-state index contributed by atoms with van der Waals surface area (Å²) in [5.74, 6) is 1.89. The summed E-state index contributed by atoms with van der Waals surface area (Å²) in [6.07, 6.45) is 12.3. The number of carbonyl (C=O) groups excluding carboxylic acids is 1. The molecule has 0 aliphatic heterocycles. The molecule has 0 spiro atoms. The number of carbonyl (C=O) groups is 1. The minimum absolute atomic E-state index is 0.0545. The van der Waals surface area contributed by atoms with Gasteiger partial charge < -0.3 is 5.11 Å². The number of rotatable bonds is 1. The molecule has 118 valence electrons. The van der Waals surface area contributed by atoms with Crippen LogP contribution in [0.25, 0.3) is 0 Å². The maximum Gasteiger partial charge on any atom is 0.156 e. The van der Waals surface area contributed by atoms with Gasteiger partial charge in [-0.1, -0.05) is 32.4 Å². The highest BCUT2D eigenvalue weighted by molar-refractivity contribution is 5.93. The van der Waals surface area contributed by atoms with Gasteiger partial charge in [0.15, 0.2) is 5.78 Å². The molecule has 0 radical (unpaired) electrons. The quantitative estimate of drug-likeness (QED) is 0.795. The maximum atomic E-state index is 11.7. The summed E-state index contributed by atoms with van der Waals surface area (Å²) in [7, 11) is 0. The molecule has 1 saturated carbocycles. The molecule has 0 heterocycles. The number of hydrogen-bond acceptors (Lipinski definition) is 2. The SMILES string of the molecule is CC[C@@H]1C[C@H]2[C@@H]3CCC4=CC(=O)CCC4=C3C=C[C@]2(C)[C@H]1O. The van der Waals surface area contributed by atoms with Gasteiger partial charge in [0.25, 0.3) is 0 Å². The highest BCUT2D eigenvalue weighted by Gasteiger charge is 2.54. The normalized spacial score (nSPS) is 43.6. The number of allylic oxidation sites excluding steroid dienone is 5. The Labute approximate surface area is 133 Å². The number of aliphatic hydroxyl groups excluding tert-OH is 1. The first-order valence-corrected chi connectivity index (χ1v) is 8.88. The van der Waals surface area contributed by atoms with E-state index in [1.54, 1.807) is 0 Å². The van der Waals surface area contributed by atoms with Crippen molar-refractivity contribution in [2.75, 3.05) is 0 Å². The molecule has 4 rings (SSSR count). The predicted octanol–water partition coefficient (Wildman–Crippen LogP) is 3.97. The van der Waals surface area contributed by atoms with Crippen LogP contribution in [0.15, 0.2) is 34.9 Å². The molecule has 0 saturated heterocycles. The second-order valence-electron chi connectivity index (χ2n) is 7.87. The first-order valence-electron chi connectivity index (χ1n) is 8.88. The van der Waals surface area contributed by atoms with Gasteiger partial charge in [0.05, 0.1) is 6.10 Å². The van der Waals surface area contributed by atoms with E-state index in [0.29, 0.717) is 30.0 Å². The van der Waals surface area contributed by atoms with Crippen LogP contribution < -0.4 is 0 Å². The van der Waals surface area contributed by atoms with Crippen LogP contribution in [-0.4, -0.2) is 17.0 Å². The molecule has 1 N–H and O–H groups in total. The molecule has 1 fully saturated rings. The van der Waals surface area contributed by atoms with Crippen LogP contribution in [0.1, 0.15) is 52.4 Å². The summed E-state index contributed by atoms with van der Waals surface area (Å²) in [4.78, 5) is 11.7. The van der Waals surface area contributed by atoms with Crippen molar-refractivity contribution < 1.29 is 9.90 Å². The van der Waals surface area contributed by atoms with E-state index in [1.807, 2.05) is 6.08 Å². The molecule has 0 aromatic rings. The van der Waals surface area contributed by atoms with Crippen molar-refractivity contribution in [2.24, 2.45) is 23.2 Å². The molecule has 0 amide bonds. The largest absolute Gasteiger partial charge is 0.392 e. The summed E-state index contributed by atoms with van der Waals surface area (Å²) in [5.41, 5.74) is 4.17. The standard InChI is InChI=1S/C20H26O2/c1-3-12-11-18-17-6-4-13-10-14(21)5-7-15(13)16(17)8-9-20(18,2)19(12)22/h8-10,12,17-19,22H,3-7,11H2,1-2H3/t12-,17-,18+,19+,20+/m1/s1. The predicted molar refractivity (Wildman–Crippen MR) is 87.2 cm³/mol. The Hall–Kier alpha value is -1.15. The molecule has 4 aliphatic carbocycles. The Morgan fingerprint density at radius 3 is 2.91 bits per heavy atom. The van der Waals surface area contributed by atoms with Crippen molar-refractivity contribution in [3.8, 4) is 0 Å². The fourth-order valence-corrected chi connectivity index (χ4v) is 5.56. The number of hydrogen-bond donors (Lipinski definition) is 1. The maximum absolute atomic E-state index is 11.7. The summed E-state index contributed by atoms with van der Waals surface area (Å²) < 4.78 is 0. The van der Waals surface area contributed by atoms with E-state index in [-0.39, 0.29) is 11.5 Å². The van der Waals surface area contributed by atoms with Gasteiger partial charge in [-0.15, -0.1) is 0 Å². The number of fused-ring (bicyclic) bond motifs is 4. The molecular formula is C20H26O2. The Bertz CT molecular complexity index is 609. The van der Waals surface area contributed by atoms with Crippen molar-refractivity contribution in [1.29, 1.82) is 0 Å². The van der Waals surface area contributed by atoms with Crippen LogP contribution in [0.2, 0.25) is 0 Å². The third-order valence-electron chi connectivity index (χ3n) is 6.89. The molecule has 2 nitrogen and oxygen atoms in total. The van der Waals surface area contributed by atoms with Crippen LogP contribution >= 0.6 is 0 Å². The van der Waals surface area contributed by atoms with Gasteiger partial charge in [-0.2, -0.15) is 0 Å². The van der Waals surface area contributed by atoms with Gasteiger partial charge in [-0.25, -0.2) is 0 Å². The lowest BCUT2D eigenvalue weighted by Gasteiger charge is -2.44. The molecule has 0 aromatic carbocycles. The smallest absolute Gasteiger partial charge is 0.156 e. The van der Waals surface area contributed by atoms with E-state index in [2.05, 4.69) is 26.0 Å². The first-order chi connectivity index (χ1) is 10.5. The van der Waals surface area contributed by atoms with Crippen LogP contribution in [0.3, 0.4) is 0 Å². The summed E-state index contributed by atoms with van der Waals surface area (Å²) >= 11 is 0. The van der Waals surface area contributed by atoms with E-state index in [4.69, 9.17) is 0 Å². The molecule has 5 atom stereocenters. The van der Waals surface area contributed by atoms with E-state index in [1.165, 1.54) is 16.7 Å². The second kappa shape index (κ2) is 4.92. The first kappa shape index (κ1) is 14.4. The van der Waals surface area contributed by atoms with Gasteiger partial charge in [0.2, 0.25) is 0 Å². The van der Waals surface area contributed by atoms with E-state index >= 15 is 0 Å². The van der Waals surface area contributed by atoms with Crippen molar-refractivity contribution >= 4 is 5.78 Å². The Morgan fingerprint density at radius 2 is 2.14 bits per heavy atom. The van der Waals surface area contributed by atoms with E-state index < -0.39 is 0 Å². The zero-order valence-corrected chi connectivity index (χ0v) is 13.6. The van der Waals surface area contributed by atoms with Gasteiger partial charge in [0, 0.05) is 11.8 Å². The topological polar surface area (TPSA) is 37.3 Å². The van der Waals surface area contributed by atoms with Crippen molar-refractivity contribution in [3.05, 3.63) is 34.9 Å². The Balaban J connectivity index is 1.78. The van der Waals surface area contributed by atoms with E-state index in [0.717, 1.165) is 32.1 Å².